The Balaban J connectivity index is 1.74. The van der Waals surface area contributed by atoms with Gasteiger partial charge in [-0.2, -0.15) is 5.26 Å². The number of hydrogen-bond acceptors (Lipinski definition) is 6. The summed E-state index contributed by atoms with van der Waals surface area (Å²) in [4.78, 5) is 30.0. The fourth-order valence-electron chi connectivity index (χ4n) is 2.95. The number of carbonyl (C=O) groups is 1. The maximum atomic E-state index is 13.0. The second-order valence-corrected chi connectivity index (χ2v) is 8.11. The standard InChI is InChI=1S/C23H24N4O3S/c1-16(2)30-13-5-12-27-22(29)19-6-3-4-7-20(19)26-23(27)31-15-21(28)25-18-10-8-17(14-24)9-11-18/h3-4,6-11,16H,5,12-13,15H2,1-2H3,(H,25,28). The predicted octanol–water partition coefficient (Wildman–Crippen LogP) is 3.81. The molecule has 0 aliphatic heterocycles. The van der Waals surface area contributed by atoms with E-state index in [0.29, 0.717) is 46.9 Å². The number of nitriles is 1. The molecule has 7 nitrogen and oxygen atoms in total. The van der Waals surface area contributed by atoms with Gasteiger partial charge in [-0.15, -0.1) is 0 Å². The highest BCUT2D eigenvalue weighted by atomic mass is 32.2. The lowest BCUT2D eigenvalue weighted by Gasteiger charge is -2.14. The third-order valence-corrected chi connectivity index (χ3v) is 5.41. The quantitative estimate of drug-likeness (QED) is 0.311. The Kier molecular flexibility index (Phi) is 7.82. The molecule has 0 radical (unpaired) electrons. The number of nitrogens with one attached hydrogen (secondary N) is 1. The summed E-state index contributed by atoms with van der Waals surface area (Å²) in [5, 5.41) is 12.7. The molecule has 0 aliphatic carbocycles. The summed E-state index contributed by atoms with van der Waals surface area (Å²) < 4.78 is 7.20. The maximum absolute atomic E-state index is 13.0. The molecule has 31 heavy (non-hydrogen) atoms. The Morgan fingerprint density at radius 1 is 1.23 bits per heavy atom. The molecule has 0 spiro atoms. The van der Waals surface area contributed by atoms with Gasteiger partial charge in [0.2, 0.25) is 5.91 Å². The number of hydrogen-bond donors (Lipinski definition) is 1. The normalized spacial score (nSPS) is 10.9. The predicted molar refractivity (Wildman–Crippen MR) is 122 cm³/mol. The van der Waals surface area contributed by atoms with Crippen molar-refractivity contribution in [2.75, 3.05) is 17.7 Å². The van der Waals surface area contributed by atoms with E-state index in [4.69, 9.17) is 10.00 Å². The minimum atomic E-state index is -0.216. The van der Waals surface area contributed by atoms with Gasteiger partial charge in [-0.1, -0.05) is 23.9 Å². The Morgan fingerprint density at radius 3 is 2.68 bits per heavy atom. The van der Waals surface area contributed by atoms with Crippen molar-refractivity contribution < 1.29 is 9.53 Å². The zero-order valence-electron chi connectivity index (χ0n) is 17.5. The number of ether oxygens (including phenoxy) is 1. The average Bonchev–Trinajstić information content (AvgIpc) is 2.77. The van der Waals surface area contributed by atoms with Crippen molar-refractivity contribution in [2.45, 2.75) is 38.1 Å². The van der Waals surface area contributed by atoms with Gasteiger partial charge in [-0.25, -0.2) is 4.98 Å². The second kappa shape index (κ2) is 10.8. The molecular weight excluding hydrogens is 412 g/mol. The molecule has 0 saturated carbocycles. The van der Waals surface area contributed by atoms with Crippen LogP contribution in [0.3, 0.4) is 0 Å². The number of benzene rings is 2. The van der Waals surface area contributed by atoms with E-state index in [0.717, 1.165) is 0 Å². The average molecular weight is 437 g/mol. The third-order valence-electron chi connectivity index (χ3n) is 4.43. The molecule has 0 unspecified atom stereocenters. The van der Waals surface area contributed by atoms with Gasteiger partial charge >= 0.3 is 0 Å². The minimum Gasteiger partial charge on any atom is -0.379 e. The minimum absolute atomic E-state index is 0.104. The van der Waals surface area contributed by atoms with Gasteiger partial charge in [0.25, 0.3) is 5.56 Å². The topological polar surface area (TPSA) is 97.0 Å². The number of para-hydroxylation sites is 1. The summed E-state index contributed by atoms with van der Waals surface area (Å²) in [5.41, 5.74) is 1.62. The summed E-state index contributed by atoms with van der Waals surface area (Å²) in [7, 11) is 0. The van der Waals surface area contributed by atoms with Crippen LogP contribution in [0.2, 0.25) is 0 Å². The Hall–Kier alpha value is -3.15. The smallest absolute Gasteiger partial charge is 0.262 e. The summed E-state index contributed by atoms with van der Waals surface area (Å²) in [6.07, 6.45) is 0.801. The van der Waals surface area contributed by atoms with E-state index < -0.39 is 0 Å². The van der Waals surface area contributed by atoms with E-state index in [-0.39, 0.29) is 23.3 Å². The fourth-order valence-corrected chi connectivity index (χ4v) is 3.78. The van der Waals surface area contributed by atoms with Crippen LogP contribution < -0.4 is 10.9 Å². The molecule has 3 aromatic rings. The molecule has 1 heterocycles. The largest absolute Gasteiger partial charge is 0.379 e. The maximum Gasteiger partial charge on any atom is 0.262 e. The highest BCUT2D eigenvalue weighted by molar-refractivity contribution is 7.99. The van der Waals surface area contributed by atoms with E-state index in [2.05, 4.69) is 10.3 Å². The number of nitrogens with zero attached hydrogens (tertiary/aromatic N) is 3. The van der Waals surface area contributed by atoms with Gasteiger partial charge in [0.1, 0.15) is 0 Å². The van der Waals surface area contributed by atoms with Gasteiger partial charge in [0.15, 0.2) is 5.16 Å². The molecule has 0 atom stereocenters. The lowest BCUT2D eigenvalue weighted by molar-refractivity contribution is -0.113. The van der Waals surface area contributed by atoms with Crippen LogP contribution in [0.15, 0.2) is 58.5 Å². The lowest BCUT2D eigenvalue weighted by Crippen LogP contribution is -2.25. The highest BCUT2D eigenvalue weighted by Gasteiger charge is 2.13. The SMILES string of the molecule is CC(C)OCCCn1c(SCC(=O)Nc2ccc(C#N)cc2)nc2ccccc2c1=O. The first-order valence-corrected chi connectivity index (χ1v) is 11.0. The van der Waals surface area contributed by atoms with Crippen LogP contribution in [0.5, 0.6) is 0 Å². The lowest BCUT2D eigenvalue weighted by atomic mass is 10.2. The van der Waals surface area contributed by atoms with Crippen molar-refractivity contribution in [2.24, 2.45) is 0 Å². The Bertz CT molecular complexity index is 1150. The molecule has 2 aromatic carbocycles. The van der Waals surface area contributed by atoms with Crippen LogP contribution in [0.25, 0.3) is 10.9 Å². The van der Waals surface area contributed by atoms with E-state index in [1.54, 1.807) is 41.0 Å². The number of anilines is 1. The van der Waals surface area contributed by atoms with Crippen molar-refractivity contribution in [3.8, 4) is 6.07 Å². The number of carbonyl (C=O) groups excluding carboxylic acids is 1. The van der Waals surface area contributed by atoms with E-state index in [1.165, 1.54) is 11.8 Å². The van der Waals surface area contributed by atoms with Crippen LogP contribution in [-0.4, -0.2) is 33.9 Å². The molecule has 0 aliphatic rings. The zero-order valence-corrected chi connectivity index (χ0v) is 18.3. The van der Waals surface area contributed by atoms with Crippen molar-refractivity contribution in [3.63, 3.8) is 0 Å². The molecule has 1 N–H and O–H groups in total. The number of rotatable bonds is 9. The third kappa shape index (κ3) is 6.17. The first-order chi connectivity index (χ1) is 15.0. The van der Waals surface area contributed by atoms with Gasteiger partial charge in [0.05, 0.1) is 34.4 Å². The Morgan fingerprint density at radius 2 is 1.97 bits per heavy atom. The fraction of sp³-hybridized carbons (Fsp3) is 0.304. The number of aromatic nitrogens is 2. The number of amides is 1. The summed E-state index contributed by atoms with van der Waals surface area (Å²) in [6.45, 7) is 4.94. The molecule has 0 saturated heterocycles. The molecule has 0 bridgehead atoms. The summed E-state index contributed by atoms with van der Waals surface area (Å²) in [6, 6.07) is 15.9. The molecule has 1 amide bonds. The van der Waals surface area contributed by atoms with Crippen LogP contribution in [0.4, 0.5) is 5.69 Å². The zero-order chi connectivity index (χ0) is 22.2. The van der Waals surface area contributed by atoms with Crippen molar-refractivity contribution in [3.05, 3.63) is 64.4 Å². The number of thioether (sulfide) groups is 1. The van der Waals surface area contributed by atoms with Crippen LogP contribution in [0, 0.1) is 11.3 Å². The van der Waals surface area contributed by atoms with Crippen molar-refractivity contribution >= 4 is 34.3 Å². The van der Waals surface area contributed by atoms with Crippen LogP contribution in [-0.2, 0) is 16.1 Å². The molecule has 3 rings (SSSR count). The summed E-state index contributed by atoms with van der Waals surface area (Å²) in [5.74, 6) is -0.111. The van der Waals surface area contributed by atoms with E-state index in [9.17, 15) is 9.59 Å². The molecule has 8 heteroatoms. The van der Waals surface area contributed by atoms with Crippen molar-refractivity contribution in [1.82, 2.24) is 9.55 Å². The second-order valence-electron chi connectivity index (χ2n) is 7.17. The van der Waals surface area contributed by atoms with Gasteiger partial charge in [-0.3, -0.25) is 14.2 Å². The van der Waals surface area contributed by atoms with Crippen LogP contribution >= 0.6 is 11.8 Å². The molecule has 1 aromatic heterocycles. The summed E-state index contributed by atoms with van der Waals surface area (Å²) >= 11 is 1.22. The van der Waals surface area contributed by atoms with E-state index in [1.807, 2.05) is 32.0 Å². The van der Waals surface area contributed by atoms with Gasteiger partial charge in [-0.05, 0) is 56.7 Å². The Labute approximate surface area is 185 Å². The molecular formula is C23H24N4O3S. The van der Waals surface area contributed by atoms with E-state index >= 15 is 0 Å². The monoisotopic (exact) mass is 436 g/mol. The van der Waals surface area contributed by atoms with Gasteiger partial charge in [0, 0.05) is 18.8 Å². The van der Waals surface area contributed by atoms with Crippen molar-refractivity contribution in [1.29, 1.82) is 5.26 Å². The number of fused-ring (bicyclic) bond motifs is 1. The first kappa shape index (κ1) is 22.5. The van der Waals surface area contributed by atoms with Gasteiger partial charge < -0.3 is 10.1 Å². The molecule has 160 valence electrons. The molecule has 0 fully saturated rings. The first-order valence-electron chi connectivity index (χ1n) is 10.0. The van der Waals surface area contributed by atoms with Crippen LogP contribution in [0.1, 0.15) is 25.8 Å². The highest BCUT2D eigenvalue weighted by Crippen LogP contribution is 2.19.